The van der Waals surface area contributed by atoms with Gasteiger partial charge in [0.25, 0.3) is 5.91 Å². The molecule has 0 unspecified atom stereocenters. The van der Waals surface area contributed by atoms with Crippen molar-refractivity contribution in [3.8, 4) is 0 Å². The van der Waals surface area contributed by atoms with E-state index in [1.807, 2.05) is 0 Å². The standard InChI is InChI=1S/C22H31N3O2/c1-3-14-25(15-4-2)21(27)18-8-10-19(11-9-18)24-20(26)16-22(17-23)12-6-5-7-13-22/h3-4,8-11H,1-2,5-7,12-17,23H2,(H,24,26). The van der Waals surface area contributed by atoms with Crippen molar-refractivity contribution in [3.63, 3.8) is 0 Å². The molecule has 0 heterocycles. The molecule has 1 aliphatic rings. The summed E-state index contributed by atoms with van der Waals surface area (Å²) in [7, 11) is 0. The Bertz CT molecular complexity index is 651. The largest absolute Gasteiger partial charge is 0.331 e. The van der Waals surface area contributed by atoms with Crippen LogP contribution in [-0.2, 0) is 4.79 Å². The summed E-state index contributed by atoms with van der Waals surface area (Å²) >= 11 is 0. The number of nitrogens with zero attached hydrogens (tertiary/aromatic N) is 1. The second-order valence-electron chi connectivity index (χ2n) is 7.35. The number of carbonyl (C=O) groups excluding carboxylic acids is 2. The molecule has 0 bridgehead atoms. The van der Waals surface area contributed by atoms with Crippen LogP contribution in [0.25, 0.3) is 0 Å². The number of nitrogens with one attached hydrogen (secondary N) is 1. The normalized spacial score (nSPS) is 15.6. The van der Waals surface area contributed by atoms with Gasteiger partial charge in [0.2, 0.25) is 5.91 Å². The van der Waals surface area contributed by atoms with Gasteiger partial charge in [-0.1, -0.05) is 31.4 Å². The zero-order valence-electron chi connectivity index (χ0n) is 16.1. The molecule has 0 aromatic heterocycles. The predicted octanol–water partition coefficient (Wildman–Crippen LogP) is 3.74. The van der Waals surface area contributed by atoms with Crippen LogP contribution in [0, 0.1) is 5.41 Å². The summed E-state index contributed by atoms with van der Waals surface area (Å²) in [5.41, 5.74) is 7.18. The SMILES string of the molecule is C=CCN(CC=C)C(=O)c1ccc(NC(=O)CC2(CN)CCCCC2)cc1. The molecule has 0 spiro atoms. The summed E-state index contributed by atoms with van der Waals surface area (Å²) < 4.78 is 0. The van der Waals surface area contributed by atoms with Crippen molar-refractivity contribution < 1.29 is 9.59 Å². The molecule has 0 saturated heterocycles. The first-order valence-corrected chi connectivity index (χ1v) is 9.64. The van der Waals surface area contributed by atoms with E-state index < -0.39 is 0 Å². The molecule has 3 N–H and O–H groups in total. The minimum atomic E-state index is -0.0861. The Morgan fingerprint density at radius 2 is 1.67 bits per heavy atom. The van der Waals surface area contributed by atoms with Crippen LogP contribution in [0.3, 0.4) is 0 Å². The van der Waals surface area contributed by atoms with Crippen molar-refractivity contribution in [1.82, 2.24) is 4.90 Å². The van der Waals surface area contributed by atoms with Gasteiger partial charge in [0.15, 0.2) is 0 Å². The van der Waals surface area contributed by atoms with Crippen LogP contribution >= 0.6 is 0 Å². The number of anilines is 1. The molecule has 2 amide bonds. The minimum Gasteiger partial charge on any atom is -0.331 e. The topological polar surface area (TPSA) is 75.4 Å². The summed E-state index contributed by atoms with van der Waals surface area (Å²) in [6.45, 7) is 8.84. The van der Waals surface area contributed by atoms with E-state index in [4.69, 9.17) is 5.73 Å². The molecule has 5 nitrogen and oxygen atoms in total. The number of hydrogen-bond donors (Lipinski definition) is 2. The van der Waals surface area contributed by atoms with Crippen molar-refractivity contribution in [2.24, 2.45) is 11.1 Å². The van der Waals surface area contributed by atoms with E-state index in [2.05, 4.69) is 18.5 Å². The number of benzene rings is 1. The molecule has 1 aliphatic carbocycles. The Morgan fingerprint density at radius 3 is 2.19 bits per heavy atom. The fourth-order valence-corrected chi connectivity index (χ4v) is 3.73. The van der Waals surface area contributed by atoms with Crippen LogP contribution in [0.15, 0.2) is 49.6 Å². The summed E-state index contributed by atoms with van der Waals surface area (Å²) in [6.07, 6.45) is 9.40. The van der Waals surface area contributed by atoms with Crippen LogP contribution in [0.2, 0.25) is 0 Å². The van der Waals surface area contributed by atoms with Crippen molar-refractivity contribution in [1.29, 1.82) is 0 Å². The van der Waals surface area contributed by atoms with Crippen LogP contribution in [0.1, 0.15) is 48.9 Å². The van der Waals surface area contributed by atoms with Crippen molar-refractivity contribution in [3.05, 3.63) is 55.1 Å². The lowest BCUT2D eigenvalue weighted by atomic mass is 9.71. The molecular formula is C22H31N3O2. The Kier molecular flexibility index (Phi) is 7.80. The van der Waals surface area contributed by atoms with E-state index >= 15 is 0 Å². The molecule has 0 aliphatic heterocycles. The number of amides is 2. The molecule has 1 aromatic rings. The molecule has 146 valence electrons. The number of rotatable bonds is 9. The molecule has 1 fully saturated rings. The second kappa shape index (κ2) is 10.1. The Hall–Kier alpha value is -2.40. The highest BCUT2D eigenvalue weighted by atomic mass is 16.2. The zero-order chi connectivity index (χ0) is 19.7. The summed E-state index contributed by atoms with van der Waals surface area (Å²) in [5, 5.41) is 2.94. The van der Waals surface area contributed by atoms with Gasteiger partial charge in [0.05, 0.1) is 0 Å². The molecule has 27 heavy (non-hydrogen) atoms. The van der Waals surface area contributed by atoms with Gasteiger partial charge in [-0.2, -0.15) is 0 Å². The van der Waals surface area contributed by atoms with Crippen molar-refractivity contribution >= 4 is 17.5 Å². The van der Waals surface area contributed by atoms with Crippen LogP contribution < -0.4 is 11.1 Å². The smallest absolute Gasteiger partial charge is 0.254 e. The molecule has 0 radical (unpaired) electrons. The molecule has 2 rings (SSSR count). The highest BCUT2D eigenvalue weighted by molar-refractivity contribution is 5.96. The zero-order valence-corrected chi connectivity index (χ0v) is 16.1. The van der Waals surface area contributed by atoms with Crippen LogP contribution in [0.4, 0.5) is 5.69 Å². The minimum absolute atomic E-state index is 0.0126. The van der Waals surface area contributed by atoms with E-state index in [0.717, 1.165) is 25.7 Å². The maximum absolute atomic E-state index is 12.5. The monoisotopic (exact) mass is 369 g/mol. The van der Waals surface area contributed by atoms with Gasteiger partial charge < -0.3 is 16.0 Å². The highest BCUT2D eigenvalue weighted by Gasteiger charge is 2.32. The van der Waals surface area contributed by atoms with Crippen molar-refractivity contribution in [2.75, 3.05) is 25.0 Å². The molecule has 0 atom stereocenters. The van der Waals surface area contributed by atoms with Gasteiger partial charge in [-0.05, 0) is 49.1 Å². The lowest BCUT2D eigenvalue weighted by molar-refractivity contribution is -0.118. The number of hydrogen-bond acceptors (Lipinski definition) is 3. The number of carbonyl (C=O) groups is 2. The Morgan fingerprint density at radius 1 is 1.07 bits per heavy atom. The second-order valence-corrected chi connectivity index (χ2v) is 7.35. The number of nitrogens with two attached hydrogens (primary N) is 1. The van der Waals surface area contributed by atoms with E-state index in [1.54, 1.807) is 41.3 Å². The van der Waals surface area contributed by atoms with Gasteiger partial charge in [0, 0.05) is 30.8 Å². The molecular weight excluding hydrogens is 338 g/mol. The first kappa shape index (κ1) is 20.9. The third kappa shape index (κ3) is 5.79. The quantitative estimate of drug-likeness (QED) is 0.651. The van der Waals surface area contributed by atoms with E-state index in [9.17, 15) is 9.59 Å². The maximum atomic E-state index is 12.5. The first-order chi connectivity index (χ1) is 13.0. The third-order valence-electron chi connectivity index (χ3n) is 5.28. The Balaban J connectivity index is 1.98. The lowest BCUT2D eigenvalue weighted by Gasteiger charge is -2.35. The van der Waals surface area contributed by atoms with Crippen LogP contribution in [-0.4, -0.2) is 36.3 Å². The van der Waals surface area contributed by atoms with E-state index in [1.165, 1.54) is 6.42 Å². The average molecular weight is 370 g/mol. The van der Waals surface area contributed by atoms with Crippen molar-refractivity contribution in [2.45, 2.75) is 38.5 Å². The summed E-state index contributed by atoms with van der Waals surface area (Å²) in [4.78, 5) is 26.7. The third-order valence-corrected chi connectivity index (χ3v) is 5.28. The first-order valence-electron chi connectivity index (χ1n) is 9.64. The molecule has 1 saturated carbocycles. The van der Waals surface area contributed by atoms with Gasteiger partial charge in [0.1, 0.15) is 0 Å². The van der Waals surface area contributed by atoms with Gasteiger partial charge >= 0.3 is 0 Å². The summed E-state index contributed by atoms with van der Waals surface area (Å²) in [6, 6.07) is 7.00. The van der Waals surface area contributed by atoms with Gasteiger partial charge in [-0.3, -0.25) is 9.59 Å². The van der Waals surface area contributed by atoms with E-state index in [0.29, 0.717) is 37.3 Å². The maximum Gasteiger partial charge on any atom is 0.254 e. The summed E-state index contributed by atoms with van der Waals surface area (Å²) in [5.74, 6) is -0.0988. The van der Waals surface area contributed by atoms with Crippen LogP contribution in [0.5, 0.6) is 0 Å². The Labute approximate surface area is 162 Å². The van der Waals surface area contributed by atoms with Gasteiger partial charge in [-0.25, -0.2) is 0 Å². The molecule has 5 heteroatoms. The van der Waals surface area contributed by atoms with Gasteiger partial charge in [-0.15, -0.1) is 13.2 Å². The molecule has 1 aromatic carbocycles. The lowest BCUT2D eigenvalue weighted by Crippen LogP contribution is -2.36. The average Bonchev–Trinajstić information content (AvgIpc) is 2.68. The fraction of sp³-hybridized carbons (Fsp3) is 0.455. The highest BCUT2D eigenvalue weighted by Crippen LogP contribution is 2.38. The van der Waals surface area contributed by atoms with E-state index in [-0.39, 0.29) is 17.2 Å². The fourth-order valence-electron chi connectivity index (χ4n) is 3.73. The predicted molar refractivity (Wildman–Crippen MR) is 111 cm³/mol.